The highest BCUT2D eigenvalue weighted by Gasteiger charge is 2.11. The Morgan fingerprint density at radius 2 is 2.24 bits per heavy atom. The van der Waals surface area contributed by atoms with Crippen molar-refractivity contribution in [1.29, 1.82) is 0 Å². The summed E-state index contributed by atoms with van der Waals surface area (Å²) >= 11 is 0. The first kappa shape index (κ1) is 13.2. The molecular weight excluding hydrogens is 270 g/mol. The number of hydrogen-bond donors (Lipinski definition) is 3. The van der Waals surface area contributed by atoms with Crippen molar-refractivity contribution in [1.82, 2.24) is 20.2 Å². The second-order valence-corrected chi connectivity index (χ2v) is 4.48. The molecule has 3 N–H and O–H groups in total. The van der Waals surface area contributed by atoms with E-state index in [1.165, 1.54) is 0 Å². The SMILES string of the molecule is CCOc1n[nH]c(NC(=O)Cc2c[nH]c3ccccc23)n1. The minimum absolute atomic E-state index is 0.168. The van der Waals surface area contributed by atoms with Gasteiger partial charge in [-0.05, 0) is 18.6 Å². The van der Waals surface area contributed by atoms with E-state index in [4.69, 9.17) is 4.74 Å². The molecule has 21 heavy (non-hydrogen) atoms. The number of aromatic nitrogens is 4. The standard InChI is InChI=1S/C14H15N5O2/c1-2-21-14-17-13(18-19-14)16-12(20)7-9-8-15-11-6-4-3-5-10(9)11/h3-6,8,15H,2,7H2,1H3,(H2,16,17,18,19,20). The number of benzene rings is 1. The largest absolute Gasteiger partial charge is 0.463 e. The van der Waals surface area contributed by atoms with Gasteiger partial charge >= 0.3 is 6.01 Å². The Morgan fingerprint density at radius 1 is 1.38 bits per heavy atom. The van der Waals surface area contributed by atoms with Gasteiger partial charge in [0, 0.05) is 17.1 Å². The lowest BCUT2D eigenvalue weighted by atomic mass is 10.1. The molecule has 7 nitrogen and oxygen atoms in total. The molecule has 1 amide bonds. The van der Waals surface area contributed by atoms with Crippen LogP contribution >= 0.6 is 0 Å². The van der Waals surface area contributed by atoms with Gasteiger partial charge in [0.1, 0.15) is 0 Å². The van der Waals surface area contributed by atoms with Crippen LogP contribution in [0, 0.1) is 0 Å². The summed E-state index contributed by atoms with van der Waals surface area (Å²) in [6, 6.07) is 8.08. The van der Waals surface area contributed by atoms with Gasteiger partial charge in [-0.15, -0.1) is 5.10 Å². The van der Waals surface area contributed by atoms with E-state index in [1.54, 1.807) is 0 Å². The van der Waals surface area contributed by atoms with Gasteiger partial charge in [0.15, 0.2) is 0 Å². The normalized spacial score (nSPS) is 10.7. The van der Waals surface area contributed by atoms with E-state index >= 15 is 0 Å². The maximum atomic E-state index is 12.0. The molecule has 3 rings (SSSR count). The zero-order chi connectivity index (χ0) is 14.7. The minimum atomic E-state index is -0.168. The molecule has 0 saturated carbocycles. The van der Waals surface area contributed by atoms with Gasteiger partial charge in [-0.1, -0.05) is 18.2 Å². The van der Waals surface area contributed by atoms with Crippen LogP contribution in [0.25, 0.3) is 10.9 Å². The predicted octanol–water partition coefficient (Wildman–Crippen LogP) is 1.87. The summed E-state index contributed by atoms with van der Waals surface area (Å²) in [5.41, 5.74) is 1.95. The van der Waals surface area contributed by atoms with Crippen molar-refractivity contribution in [3.05, 3.63) is 36.0 Å². The Kier molecular flexibility index (Phi) is 3.55. The number of nitrogens with one attached hydrogen (secondary N) is 3. The number of fused-ring (bicyclic) bond motifs is 1. The Hall–Kier alpha value is -2.83. The highest BCUT2D eigenvalue weighted by Crippen LogP contribution is 2.18. The monoisotopic (exact) mass is 285 g/mol. The summed E-state index contributed by atoms with van der Waals surface area (Å²) in [7, 11) is 0. The van der Waals surface area contributed by atoms with Crippen molar-refractivity contribution in [2.24, 2.45) is 0 Å². The van der Waals surface area contributed by atoms with Crippen molar-refractivity contribution in [2.75, 3.05) is 11.9 Å². The quantitative estimate of drug-likeness (QED) is 0.666. The molecule has 0 saturated heterocycles. The molecule has 0 bridgehead atoms. The molecule has 2 aromatic heterocycles. The second kappa shape index (κ2) is 5.66. The van der Waals surface area contributed by atoms with Gasteiger partial charge < -0.3 is 9.72 Å². The number of H-pyrrole nitrogens is 2. The highest BCUT2D eigenvalue weighted by atomic mass is 16.5. The third kappa shape index (κ3) is 2.86. The van der Waals surface area contributed by atoms with Crippen LogP contribution in [0.15, 0.2) is 30.5 Å². The first-order valence-corrected chi connectivity index (χ1v) is 6.66. The first-order valence-electron chi connectivity index (χ1n) is 6.66. The molecule has 108 valence electrons. The van der Waals surface area contributed by atoms with Gasteiger partial charge in [0.25, 0.3) is 0 Å². The number of amides is 1. The molecule has 0 spiro atoms. The van der Waals surface area contributed by atoms with Crippen LogP contribution < -0.4 is 10.1 Å². The van der Waals surface area contributed by atoms with Crippen molar-refractivity contribution in [3.8, 4) is 6.01 Å². The molecule has 0 aliphatic carbocycles. The maximum Gasteiger partial charge on any atom is 0.337 e. The molecule has 0 unspecified atom stereocenters. The fraction of sp³-hybridized carbons (Fsp3) is 0.214. The van der Waals surface area contributed by atoms with E-state index in [2.05, 4.69) is 25.5 Å². The van der Waals surface area contributed by atoms with Crippen LogP contribution in [-0.2, 0) is 11.2 Å². The van der Waals surface area contributed by atoms with E-state index in [0.29, 0.717) is 6.61 Å². The van der Waals surface area contributed by atoms with Crippen LogP contribution in [0.2, 0.25) is 0 Å². The van der Waals surface area contributed by atoms with E-state index in [-0.39, 0.29) is 24.3 Å². The lowest BCUT2D eigenvalue weighted by molar-refractivity contribution is -0.115. The number of rotatable bonds is 5. The smallest absolute Gasteiger partial charge is 0.337 e. The Labute approximate surface area is 120 Å². The number of ether oxygens (including phenoxy) is 1. The highest BCUT2D eigenvalue weighted by molar-refractivity contribution is 5.94. The van der Waals surface area contributed by atoms with Crippen LogP contribution in [-0.4, -0.2) is 32.7 Å². The third-order valence-electron chi connectivity index (χ3n) is 3.02. The number of aromatic amines is 2. The summed E-state index contributed by atoms with van der Waals surface area (Å²) in [5.74, 6) is 0.113. The summed E-state index contributed by atoms with van der Waals surface area (Å²) in [5, 5.41) is 10.1. The number of hydrogen-bond acceptors (Lipinski definition) is 4. The Morgan fingerprint density at radius 3 is 3.10 bits per heavy atom. The van der Waals surface area contributed by atoms with Crippen molar-refractivity contribution < 1.29 is 9.53 Å². The summed E-state index contributed by atoms with van der Waals surface area (Å²) in [6.07, 6.45) is 2.10. The average Bonchev–Trinajstić information content (AvgIpc) is 3.07. The number of carbonyl (C=O) groups excluding carboxylic acids is 1. The Balaban J connectivity index is 1.68. The van der Waals surface area contributed by atoms with Crippen LogP contribution in [0.4, 0.5) is 5.95 Å². The van der Waals surface area contributed by atoms with Crippen LogP contribution in [0.5, 0.6) is 6.01 Å². The lowest BCUT2D eigenvalue weighted by Crippen LogP contribution is -2.15. The molecule has 0 radical (unpaired) electrons. The average molecular weight is 285 g/mol. The number of carbonyl (C=O) groups is 1. The van der Waals surface area contributed by atoms with Gasteiger partial charge in [0.05, 0.1) is 13.0 Å². The molecule has 3 aromatic rings. The molecule has 0 fully saturated rings. The Bertz CT molecular complexity index is 761. The van der Waals surface area contributed by atoms with Crippen molar-refractivity contribution in [3.63, 3.8) is 0 Å². The minimum Gasteiger partial charge on any atom is -0.463 e. The number of anilines is 1. The van der Waals surface area contributed by atoms with Crippen molar-refractivity contribution >= 4 is 22.8 Å². The fourth-order valence-electron chi connectivity index (χ4n) is 2.12. The molecule has 7 heteroatoms. The van der Waals surface area contributed by atoms with E-state index in [0.717, 1.165) is 16.5 Å². The molecule has 1 aromatic carbocycles. The molecule has 0 aliphatic heterocycles. The van der Waals surface area contributed by atoms with Gasteiger partial charge in [-0.3, -0.25) is 10.1 Å². The van der Waals surface area contributed by atoms with Gasteiger partial charge in [-0.25, -0.2) is 5.10 Å². The first-order chi connectivity index (χ1) is 10.3. The van der Waals surface area contributed by atoms with E-state index < -0.39 is 0 Å². The van der Waals surface area contributed by atoms with E-state index in [9.17, 15) is 4.79 Å². The van der Waals surface area contributed by atoms with Crippen LogP contribution in [0.1, 0.15) is 12.5 Å². The molecular formula is C14H15N5O2. The lowest BCUT2D eigenvalue weighted by Gasteiger charge is -2.00. The van der Waals surface area contributed by atoms with Gasteiger partial charge in [-0.2, -0.15) is 4.98 Å². The fourth-order valence-corrected chi connectivity index (χ4v) is 2.12. The topological polar surface area (TPSA) is 95.7 Å². The van der Waals surface area contributed by atoms with Gasteiger partial charge in [0.2, 0.25) is 11.9 Å². The van der Waals surface area contributed by atoms with Crippen molar-refractivity contribution in [2.45, 2.75) is 13.3 Å². The number of nitrogens with zero attached hydrogens (tertiary/aromatic N) is 2. The molecule has 2 heterocycles. The third-order valence-corrected chi connectivity index (χ3v) is 3.02. The molecule has 0 aliphatic rings. The number of para-hydroxylation sites is 1. The predicted molar refractivity (Wildman–Crippen MR) is 78.2 cm³/mol. The summed E-state index contributed by atoms with van der Waals surface area (Å²) in [4.78, 5) is 19.2. The maximum absolute atomic E-state index is 12.0. The second-order valence-electron chi connectivity index (χ2n) is 4.48. The zero-order valence-electron chi connectivity index (χ0n) is 11.5. The molecule has 0 atom stereocenters. The van der Waals surface area contributed by atoms with E-state index in [1.807, 2.05) is 37.4 Å². The summed E-state index contributed by atoms with van der Waals surface area (Å²) in [6.45, 7) is 2.31. The summed E-state index contributed by atoms with van der Waals surface area (Å²) < 4.78 is 5.12. The zero-order valence-corrected chi connectivity index (χ0v) is 11.5. The van der Waals surface area contributed by atoms with Crippen LogP contribution in [0.3, 0.4) is 0 Å².